The molecule has 2 saturated heterocycles. The van der Waals surface area contributed by atoms with Crippen molar-refractivity contribution in [3.8, 4) is 17.0 Å². The molecule has 13 heteroatoms. The quantitative estimate of drug-likeness (QED) is 0.423. The number of aromatic nitrogens is 1. The largest absolute Gasteiger partial charge is 0.497 e. The van der Waals surface area contributed by atoms with Crippen LogP contribution in [0.1, 0.15) is 71.8 Å². The van der Waals surface area contributed by atoms with Crippen LogP contribution in [0.4, 0.5) is 4.79 Å². The molecule has 0 radical (unpaired) electrons. The van der Waals surface area contributed by atoms with Crippen LogP contribution >= 0.6 is 0 Å². The maximum absolute atomic E-state index is 15.1. The van der Waals surface area contributed by atoms with E-state index in [-0.39, 0.29) is 41.2 Å². The molecule has 1 aromatic heterocycles. The molecule has 0 bridgehead atoms. The smallest absolute Gasteiger partial charge is 0.319 e. The van der Waals surface area contributed by atoms with Crippen molar-refractivity contribution in [1.82, 2.24) is 24.0 Å². The number of nitrogens with one attached hydrogen (secondary N) is 1. The zero-order chi connectivity index (χ0) is 33.7. The highest BCUT2D eigenvalue weighted by Crippen LogP contribution is 2.67. The van der Waals surface area contributed by atoms with Gasteiger partial charge in [0.25, 0.3) is 16.1 Å². The van der Waals surface area contributed by atoms with Gasteiger partial charge in [0, 0.05) is 74.5 Å². The number of carbonyl (C=O) groups excluding carboxylic acids is 3. The van der Waals surface area contributed by atoms with Gasteiger partial charge in [-0.1, -0.05) is 25.3 Å². The Bertz CT molecular complexity index is 1970. The highest BCUT2D eigenvalue weighted by atomic mass is 32.2. The number of rotatable bonds is 5. The van der Waals surface area contributed by atoms with Gasteiger partial charge in [-0.25, -0.2) is 14.7 Å². The Morgan fingerprint density at radius 1 is 0.958 bits per heavy atom. The van der Waals surface area contributed by atoms with E-state index >= 15 is 4.79 Å². The number of hydrogen-bond donors (Lipinski definition) is 2. The van der Waals surface area contributed by atoms with Gasteiger partial charge in [-0.05, 0) is 66.6 Å². The Hall–Kier alpha value is -4.10. The maximum atomic E-state index is 15.1. The van der Waals surface area contributed by atoms with E-state index in [1.165, 1.54) is 12.0 Å². The Balaban J connectivity index is 1.28. The monoisotopic (exact) mass is 674 g/mol. The number of hydrogen-bond acceptors (Lipinski definition) is 6. The van der Waals surface area contributed by atoms with E-state index in [0.29, 0.717) is 32.6 Å². The molecule has 3 aliphatic heterocycles. The molecular formula is C35H42N6O6S. The van der Waals surface area contributed by atoms with Crippen molar-refractivity contribution < 1.29 is 27.5 Å². The van der Waals surface area contributed by atoms with Crippen molar-refractivity contribution in [2.45, 2.75) is 55.9 Å². The number of nitrogens with two attached hydrogens (primary N) is 1. The average Bonchev–Trinajstić information content (AvgIpc) is 3.31. The number of amides is 4. The first-order chi connectivity index (χ1) is 22.9. The van der Waals surface area contributed by atoms with Gasteiger partial charge in [-0.2, -0.15) is 8.42 Å². The summed E-state index contributed by atoms with van der Waals surface area (Å²) in [5, 5.41) is 6.15. The lowest BCUT2D eigenvalue weighted by molar-refractivity contribution is -0.135. The van der Waals surface area contributed by atoms with Crippen molar-refractivity contribution in [3.05, 3.63) is 53.1 Å². The number of benzene rings is 2. The topological polar surface area (TPSA) is 147 Å². The van der Waals surface area contributed by atoms with Crippen molar-refractivity contribution in [1.29, 1.82) is 0 Å². The number of ether oxygens (including phenoxy) is 1. The second kappa shape index (κ2) is 11.0. The Morgan fingerprint density at radius 2 is 1.65 bits per heavy atom. The lowest BCUT2D eigenvalue weighted by Crippen LogP contribution is -2.45. The third kappa shape index (κ3) is 4.72. The predicted octanol–water partition coefficient (Wildman–Crippen LogP) is 3.57. The molecule has 48 heavy (non-hydrogen) atoms. The van der Waals surface area contributed by atoms with E-state index in [0.717, 1.165) is 59.2 Å². The van der Waals surface area contributed by atoms with Crippen LogP contribution < -0.4 is 14.6 Å². The van der Waals surface area contributed by atoms with Crippen molar-refractivity contribution >= 4 is 39.0 Å². The van der Waals surface area contributed by atoms with Gasteiger partial charge in [0.1, 0.15) is 11.3 Å². The molecule has 8 rings (SSSR count). The normalized spacial score (nSPS) is 26.0. The summed E-state index contributed by atoms with van der Waals surface area (Å²) in [6.07, 6.45) is 6.11. The zero-order valence-electron chi connectivity index (χ0n) is 27.6. The third-order valence-electron chi connectivity index (χ3n) is 11.5. The number of fused-ring (bicyclic) bond motifs is 9. The van der Waals surface area contributed by atoms with Crippen molar-refractivity contribution in [3.63, 3.8) is 0 Å². The summed E-state index contributed by atoms with van der Waals surface area (Å²) in [5.74, 6) is 0.621. The number of methoxy groups -OCH3 is 1. The number of urea groups is 1. The fourth-order valence-electron chi connectivity index (χ4n) is 9.37. The number of likely N-dealkylation sites (tertiary alicyclic amines) is 2. The van der Waals surface area contributed by atoms with E-state index < -0.39 is 21.7 Å². The Kier molecular flexibility index (Phi) is 7.12. The van der Waals surface area contributed by atoms with Crippen LogP contribution in [0.5, 0.6) is 5.75 Å². The standard InChI is InChI=1S/C35H42N6O6S/c1-38(2)34(44)40-18-22-16-39(17-23(22)19-40)33(43)35-15-28(35)27-14-24(47-3)10-12-25(27)31-30(20-7-5-4-6-8-20)26-11-9-21(13-29(26)41(31)35)32(42)37-48(36,45)46/h9-14,20,22-23,28H,4-8,15-19H2,1-3H3,(H,37,42)(H2,36,45,46). The molecule has 4 amide bonds. The van der Waals surface area contributed by atoms with Crippen LogP contribution in [-0.2, 0) is 20.5 Å². The molecule has 2 aliphatic carbocycles. The molecule has 2 saturated carbocycles. The van der Waals surface area contributed by atoms with Gasteiger partial charge in [0.2, 0.25) is 5.91 Å². The molecular weight excluding hydrogens is 632 g/mol. The SMILES string of the molecule is COc1ccc2c(c1)C1CC1(C(=O)N1CC3CN(C(=O)N(C)C)CC3C1)n1c-2c(C2CCCCC2)c2ccc(C(=O)NS(N)(=O)=O)cc21. The second-order valence-electron chi connectivity index (χ2n) is 14.6. The summed E-state index contributed by atoms with van der Waals surface area (Å²) in [4.78, 5) is 46.4. The molecule has 3 N–H and O–H groups in total. The van der Waals surface area contributed by atoms with Gasteiger partial charge in [0.05, 0.1) is 18.3 Å². The van der Waals surface area contributed by atoms with Gasteiger partial charge in [-0.3, -0.25) is 9.59 Å². The first-order valence-corrected chi connectivity index (χ1v) is 18.4. The third-order valence-corrected chi connectivity index (χ3v) is 12.0. The average molecular weight is 675 g/mol. The maximum Gasteiger partial charge on any atom is 0.319 e. The number of nitrogens with zero attached hydrogens (tertiary/aromatic N) is 4. The highest BCUT2D eigenvalue weighted by molar-refractivity contribution is 7.87. The van der Waals surface area contributed by atoms with Crippen molar-refractivity contribution in [2.75, 3.05) is 47.4 Å². The first-order valence-electron chi connectivity index (χ1n) is 16.9. The minimum atomic E-state index is -4.27. The van der Waals surface area contributed by atoms with Crippen LogP contribution in [0.25, 0.3) is 22.2 Å². The van der Waals surface area contributed by atoms with Crippen LogP contribution in [0.3, 0.4) is 0 Å². The lowest BCUT2D eigenvalue weighted by Gasteiger charge is -2.34. The summed E-state index contributed by atoms with van der Waals surface area (Å²) in [5.41, 5.74) is 4.41. The summed E-state index contributed by atoms with van der Waals surface area (Å²) in [6, 6.07) is 11.4. The summed E-state index contributed by atoms with van der Waals surface area (Å²) in [6.45, 7) is 2.44. The minimum absolute atomic E-state index is 0.00179. The predicted molar refractivity (Wildman–Crippen MR) is 180 cm³/mol. The van der Waals surface area contributed by atoms with E-state index in [1.807, 2.05) is 26.7 Å². The van der Waals surface area contributed by atoms with E-state index in [4.69, 9.17) is 9.88 Å². The summed E-state index contributed by atoms with van der Waals surface area (Å²) >= 11 is 0. The summed E-state index contributed by atoms with van der Waals surface area (Å²) in [7, 11) is 0.913. The lowest BCUT2D eigenvalue weighted by atomic mass is 9.80. The van der Waals surface area contributed by atoms with Crippen molar-refractivity contribution in [2.24, 2.45) is 17.0 Å². The number of carbonyl (C=O) groups is 3. The Labute approximate surface area is 280 Å². The molecule has 4 fully saturated rings. The van der Waals surface area contributed by atoms with E-state index in [9.17, 15) is 18.0 Å². The van der Waals surface area contributed by atoms with Crippen LogP contribution in [0.15, 0.2) is 36.4 Å². The minimum Gasteiger partial charge on any atom is -0.497 e. The van der Waals surface area contributed by atoms with Crippen LogP contribution in [-0.4, -0.2) is 92.9 Å². The second-order valence-corrected chi connectivity index (χ2v) is 15.9. The van der Waals surface area contributed by atoms with Crippen LogP contribution in [0, 0.1) is 11.8 Å². The molecule has 2 aromatic carbocycles. The molecule has 3 aromatic rings. The molecule has 0 spiro atoms. The first kappa shape index (κ1) is 31.2. The van der Waals surface area contributed by atoms with Gasteiger partial charge in [0.15, 0.2) is 0 Å². The summed E-state index contributed by atoms with van der Waals surface area (Å²) < 4.78 is 33.4. The van der Waals surface area contributed by atoms with Crippen LogP contribution in [0.2, 0.25) is 0 Å². The molecule has 254 valence electrons. The zero-order valence-corrected chi connectivity index (χ0v) is 28.4. The fourth-order valence-corrected chi connectivity index (χ4v) is 9.75. The van der Waals surface area contributed by atoms with Gasteiger partial charge in [-0.15, -0.1) is 0 Å². The Morgan fingerprint density at radius 3 is 2.29 bits per heavy atom. The molecule has 4 atom stereocenters. The highest BCUT2D eigenvalue weighted by Gasteiger charge is 2.68. The fraction of sp³-hybridized carbons (Fsp3) is 0.514. The molecule has 5 aliphatic rings. The van der Waals surface area contributed by atoms with E-state index in [1.54, 1.807) is 38.2 Å². The molecule has 12 nitrogen and oxygen atoms in total. The molecule has 4 unspecified atom stereocenters. The molecule has 4 heterocycles. The van der Waals surface area contributed by atoms with E-state index in [2.05, 4.69) is 16.7 Å². The van der Waals surface area contributed by atoms with Gasteiger partial charge < -0.3 is 24.0 Å². The van der Waals surface area contributed by atoms with Gasteiger partial charge >= 0.3 is 6.03 Å².